The van der Waals surface area contributed by atoms with Crippen molar-refractivity contribution >= 4 is 0 Å². The molecule has 4 rings (SSSR count). The van der Waals surface area contributed by atoms with Crippen molar-refractivity contribution in [3.05, 3.63) is 64.7 Å². The van der Waals surface area contributed by atoms with E-state index < -0.39 is 40.7 Å². The minimum absolute atomic E-state index is 0.111. The lowest BCUT2D eigenvalue weighted by molar-refractivity contribution is -0.187. The highest BCUT2D eigenvalue weighted by atomic mass is 19.3. The number of halogens is 6. The van der Waals surface area contributed by atoms with Gasteiger partial charge in [-0.25, -0.2) is 17.6 Å². The molecule has 1 nitrogen and oxygen atoms in total. The summed E-state index contributed by atoms with van der Waals surface area (Å²) in [7, 11) is 0. The quantitative estimate of drug-likeness (QED) is 0.346. The molecule has 2 fully saturated rings. The third kappa shape index (κ3) is 5.80. The molecule has 0 atom stereocenters. The first-order valence-corrected chi connectivity index (χ1v) is 12.7. The van der Waals surface area contributed by atoms with E-state index >= 15 is 0 Å². The monoisotopic (exact) mass is 498 g/mol. The van der Waals surface area contributed by atoms with Crippen LogP contribution in [0.4, 0.5) is 26.3 Å². The van der Waals surface area contributed by atoms with Crippen LogP contribution in [0.5, 0.6) is 5.75 Å². The van der Waals surface area contributed by atoms with E-state index in [9.17, 15) is 26.3 Å². The molecule has 0 bridgehead atoms. The summed E-state index contributed by atoms with van der Waals surface area (Å²) in [5.74, 6) is -4.37. The zero-order valence-electron chi connectivity index (χ0n) is 19.9. The molecule has 0 spiro atoms. The van der Waals surface area contributed by atoms with Gasteiger partial charge in [-0.15, -0.1) is 0 Å². The largest absolute Gasteiger partial charge is 0.429 e. The average Bonchev–Trinajstić information content (AvgIpc) is 2.84. The summed E-state index contributed by atoms with van der Waals surface area (Å²) in [6, 6.07) is 3.88. The van der Waals surface area contributed by atoms with Crippen LogP contribution in [0, 0.1) is 41.0 Å². The van der Waals surface area contributed by atoms with Crippen molar-refractivity contribution in [2.45, 2.75) is 83.2 Å². The molecule has 2 aliphatic rings. The number of ether oxygens (including phenoxy) is 1. The Morgan fingerprint density at radius 2 is 1.40 bits per heavy atom. The van der Waals surface area contributed by atoms with Gasteiger partial charge in [-0.1, -0.05) is 38.7 Å². The first-order valence-electron chi connectivity index (χ1n) is 12.7. The van der Waals surface area contributed by atoms with E-state index in [0.29, 0.717) is 36.8 Å². The van der Waals surface area contributed by atoms with Crippen molar-refractivity contribution in [3.63, 3.8) is 0 Å². The van der Waals surface area contributed by atoms with Crippen LogP contribution in [-0.2, 0) is 6.11 Å². The third-order valence-electron chi connectivity index (χ3n) is 8.03. The van der Waals surface area contributed by atoms with Gasteiger partial charge in [0, 0.05) is 6.07 Å². The van der Waals surface area contributed by atoms with Crippen LogP contribution in [0.3, 0.4) is 0 Å². The van der Waals surface area contributed by atoms with Gasteiger partial charge >= 0.3 is 6.11 Å². The van der Waals surface area contributed by atoms with Crippen LogP contribution in [0.15, 0.2) is 30.3 Å². The molecule has 2 aromatic carbocycles. The van der Waals surface area contributed by atoms with E-state index in [0.717, 1.165) is 30.9 Å². The van der Waals surface area contributed by atoms with Crippen LogP contribution in [0.25, 0.3) is 0 Å². The molecule has 0 aromatic heterocycles. The third-order valence-corrected chi connectivity index (χ3v) is 8.03. The van der Waals surface area contributed by atoms with Gasteiger partial charge in [0.05, 0.1) is 0 Å². The summed E-state index contributed by atoms with van der Waals surface area (Å²) in [6.45, 7) is 2.22. The second kappa shape index (κ2) is 10.8. The smallest absolute Gasteiger partial charge is 0.429 e. The molecule has 0 aliphatic heterocycles. The summed E-state index contributed by atoms with van der Waals surface area (Å²) in [6.07, 6.45) is 6.58. The minimum Gasteiger partial charge on any atom is -0.429 e. The molecule has 35 heavy (non-hydrogen) atoms. The standard InChI is InChI=1S/C28H32F6O/c1-2-3-17-4-6-18(7-5-17)19-8-10-20(11-9-19)22-13-14-23(27(32)26(22)31)28(33,34)35-21-12-15-24(29)25(30)16-21/h12-20H,2-11H2,1H3. The zero-order valence-corrected chi connectivity index (χ0v) is 19.9. The first kappa shape index (κ1) is 25.9. The molecule has 0 amide bonds. The molecular weight excluding hydrogens is 466 g/mol. The van der Waals surface area contributed by atoms with E-state index in [1.165, 1.54) is 44.6 Å². The van der Waals surface area contributed by atoms with Crippen molar-refractivity contribution in [1.29, 1.82) is 0 Å². The molecule has 2 aliphatic carbocycles. The Morgan fingerprint density at radius 1 is 0.771 bits per heavy atom. The van der Waals surface area contributed by atoms with Gasteiger partial charge in [0.2, 0.25) is 0 Å². The fraction of sp³-hybridized carbons (Fsp3) is 0.571. The molecule has 2 saturated carbocycles. The Balaban J connectivity index is 1.40. The van der Waals surface area contributed by atoms with Crippen molar-refractivity contribution < 1.29 is 31.1 Å². The minimum atomic E-state index is -4.26. The molecule has 2 aromatic rings. The van der Waals surface area contributed by atoms with Crippen molar-refractivity contribution in [2.24, 2.45) is 17.8 Å². The van der Waals surface area contributed by atoms with E-state index in [-0.39, 0.29) is 11.5 Å². The van der Waals surface area contributed by atoms with Gasteiger partial charge in [-0.2, -0.15) is 8.78 Å². The number of alkyl halides is 2. The van der Waals surface area contributed by atoms with Gasteiger partial charge in [-0.3, -0.25) is 0 Å². The van der Waals surface area contributed by atoms with Crippen LogP contribution in [0.1, 0.15) is 88.2 Å². The molecule has 0 heterocycles. The Labute approximate surface area is 202 Å². The molecule has 0 unspecified atom stereocenters. The van der Waals surface area contributed by atoms with Crippen LogP contribution < -0.4 is 4.74 Å². The van der Waals surface area contributed by atoms with Gasteiger partial charge < -0.3 is 4.74 Å². The molecule has 7 heteroatoms. The maximum Gasteiger partial charge on any atom is 0.429 e. The summed E-state index contributed by atoms with van der Waals surface area (Å²) in [5, 5.41) is 0. The number of benzene rings is 2. The summed E-state index contributed by atoms with van der Waals surface area (Å²) < 4.78 is 89.6. The van der Waals surface area contributed by atoms with E-state index in [2.05, 4.69) is 11.7 Å². The Kier molecular flexibility index (Phi) is 8.02. The molecule has 0 N–H and O–H groups in total. The Morgan fingerprint density at radius 3 is 2.00 bits per heavy atom. The van der Waals surface area contributed by atoms with Crippen molar-refractivity contribution in [3.8, 4) is 5.75 Å². The number of hydrogen-bond acceptors (Lipinski definition) is 1. The lowest BCUT2D eigenvalue weighted by Gasteiger charge is -2.38. The number of hydrogen-bond donors (Lipinski definition) is 0. The van der Waals surface area contributed by atoms with Crippen LogP contribution in [0.2, 0.25) is 0 Å². The fourth-order valence-corrected chi connectivity index (χ4v) is 6.11. The summed E-state index contributed by atoms with van der Waals surface area (Å²) >= 11 is 0. The van der Waals surface area contributed by atoms with Gasteiger partial charge in [0.1, 0.15) is 11.3 Å². The van der Waals surface area contributed by atoms with E-state index in [4.69, 9.17) is 0 Å². The first-order chi connectivity index (χ1) is 16.7. The molecule has 192 valence electrons. The second-order valence-electron chi connectivity index (χ2n) is 10.2. The lowest BCUT2D eigenvalue weighted by atomic mass is 9.68. The van der Waals surface area contributed by atoms with Gasteiger partial charge in [0.25, 0.3) is 0 Å². The summed E-state index contributed by atoms with van der Waals surface area (Å²) in [4.78, 5) is 0. The van der Waals surface area contributed by atoms with Crippen molar-refractivity contribution in [2.75, 3.05) is 0 Å². The average molecular weight is 499 g/mol. The highest BCUT2D eigenvalue weighted by Crippen LogP contribution is 2.45. The SMILES string of the molecule is CCCC1CCC(C2CCC(c3ccc(C(F)(F)Oc4ccc(F)c(F)c4)c(F)c3F)CC2)CC1. The van der Waals surface area contributed by atoms with Crippen LogP contribution >= 0.6 is 0 Å². The lowest BCUT2D eigenvalue weighted by Crippen LogP contribution is -2.26. The van der Waals surface area contributed by atoms with E-state index in [1.54, 1.807) is 0 Å². The highest BCUT2D eigenvalue weighted by Gasteiger charge is 2.40. The molecule has 0 saturated heterocycles. The predicted octanol–water partition coefficient (Wildman–Crippen LogP) is 9.25. The van der Waals surface area contributed by atoms with E-state index in [1.807, 2.05) is 0 Å². The fourth-order valence-electron chi connectivity index (χ4n) is 6.11. The second-order valence-corrected chi connectivity index (χ2v) is 10.2. The normalized spacial score (nSPS) is 25.5. The van der Waals surface area contributed by atoms with Gasteiger partial charge in [-0.05, 0) is 86.0 Å². The maximum absolute atomic E-state index is 14.9. The number of rotatable bonds is 7. The topological polar surface area (TPSA) is 9.23 Å². The predicted molar refractivity (Wildman–Crippen MR) is 122 cm³/mol. The van der Waals surface area contributed by atoms with Gasteiger partial charge in [0.15, 0.2) is 23.3 Å². The summed E-state index contributed by atoms with van der Waals surface area (Å²) in [5.41, 5.74) is -1.17. The van der Waals surface area contributed by atoms with Crippen molar-refractivity contribution in [1.82, 2.24) is 0 Å². The Bertz CT molecular complexity index is 1010. The maximum atomic E-state index is 14.9. The highest BCUT2D eigenvalue weighted by molar-refractivity contribution is 5.32. The Hall–Kier alpha value is -2.18. The van der Waals surface area contributed by atoms with Crippen LogP contribution in [-0.4, -0.2) is 0 Å². The molecular formula is C28H32F6O. The molecule has 0 radical (unpaired) electrons. The zero-order chi connectivity index (χ0) is 25.2.